The van der Waals surface area contributed by atoms with Crippen molar-refractivity contribution < 1.29 is 14.6 Å². The molecule has 1 saturated heterocycles. The number of carbonyl (C=O) groups is 1. The second kappa shape index (κ2) is 6.65. The van der Waals surface area contributed by atoms with Crippen LogP contribution in [0.15, 0.2) is 0 Å². The zero-order valence-corrected chi connectivity index (χ0v) is 13.1. The number of likely N-dealkylation sites (N-methyl/N-ethyl adjacent to an activating group) is 1. The lowest BCUT2D eigenvalue weighted by molar-refractivity contribution is -0.0283. The van der Waals surface area contributed by atoms with Gasteiger partial charge in [-0.2, -0.15) is 0 Å². The minimum atomic E-state index is -0.882. The number of nitrogens with zero attached hydrogens (tertiary/aromatic N) is 2. The van der Waals surface area contributed by atoms with E-state index in [0.29, 0.717) is 29.5 Å². The van der Waals surface area contributed by atoms with Crippen molar-refractivity contribution in [3.63, 3.8) is 0 Å². The van der Waals surface area contributed by atoms with Crippen LogP contribution in [-0.4, -0.2) is 47.2 Å². The van der Waals surface area contributed by atoms with Crippen molar-refractivity contribution in [1.82, 2.24) is 9.88 Å². The van der Waals surface area contributed by atoms with Crippen molar-refractivity contribution in [3.05, 3.63) is 15.6 Å². The summed E-state index contributed by atoms with van der Waals surface area (Å²) in [6, 6.07) is 0. The number of thiazole rings is 1. The molecule has 0 aliphatic carbocycles. The molecule has 6 heteroatoms. The number of rotatable bonds is 5. The minimum absolute atomic E-state index is 0.0901. The summed E-state index contributed by atoms with van der Waals surface area (Å²) in [5, 5.41) is 10.1. The van der Waals surface area contributed by atoms with Crippen LogP contribution in [0.5, 0.6) is 0 Å². The first-order valence-corrected chi connectivity index (χ1v) is 7.89. The topological polar surface area (TPSA) is 62.7 Å². The number of carboxylic acid groups (broad SMARTS) is 1. The van der Waals surface area contributed by atoms with E-state index in [1.54, 1.807) is 0 Å². The molecule has 1 unspecified atom stereocenters. The molecule has 0 spiro atoms. The van der Waals surface area contributed by atoms with Crippen LogP contribution in [-0.2, 0) is 11.2 Å². The molecule has 0 radical (unpaired) electrons. The van der Waals surface area contributed by atoms with Crippen molar-refractivity contribution in [1.29, 1.82) is 0 Å². The van der Waals surface area contributed by atoms with Gasteiger partial charge in [-0.05, 0) is 18.9 Å². The standard InChI is InChI=1S/C14H22N2O3S/c1-4-16-5-6-19-11(8-16)13-15-10(7-9(2)3)12(20-13)14(17)18/h9,11H,4-8H2,1-3H3,(H,17,18). The van der Waals surface area contributed by atoms with E-state index in [4.69, 9.17) is 4.74 Å². The molecule has 1 aliphatic rings. The van der Waals surface area contributed by atoms with Crippen LogP contribution in [0.1, 0.15) is 47.2 Å². The van der Waals surface area contributed by atoms with Gasteiger partial charge in [0.05, 0.1) is 12.3 Å². The lowest BCUT2D eigenvalue weighted by Crippen LogP contribution is -2.38. The quantitative estimate of drug-likeness (QED) is 0.904. The Morgan fingerprint density at radius 2 is 2.35 bits per heavy atom. The summed E-state index contributed by atoms with van der Waals surface area (Å²) in [4.78, 5) is 18.6. The number of hydrogen-bond donors (Lipinski definition) is 1. The largest absolute Gasteiger partial charge is 0.477 e. The zero-order chi connectivity index (χ0) is 14.7. The lowest BCUT2D eigenvalue weighted by atomic mass is 10.1. The fourth-order valence-corrected chi connectivity index (χ4v) is 3.31. The van der Waals surface area contributed by atoms with Gasteiger partial charge in [0.2, 0.25) is 0 Å². The first-order chi connectivity index (χ1) is 9.51. The van der Waals surface area contributed by atoms with Gasteiger partial charge in [0.15, 0.2) is 0 Å². The molecule has 1 aliphatic heterocycles. The molecular formula is C14H22N2O3S. The molecule has 1 N–H and O–H groups in total. The van der Waals surface area contributed by atoms with Crippen LogP contribution in [0.4, 0.5) is 0 Å². The average molecular weight is 298 g/mol. The Morgan fingerprint density at radius 1 is 1.60 bits per heavy atom. The molecule has 1 aromatic rings. The van der Waals surface area contributed by atoms with E-state index in [1.165, 1.54) is 11.3 Å². The third-order valence-electron chi connectivity index (χ3n) is 3.38. The van der Waals surface area contributed by atoms with Crippen LogP contribution >= 0.6 is 11.3 Å². The molecular weight excluding hydrogens is 276 g/mol. The Morgan fingerprint density at radius 3 is 2.95 bits per heavy atom. The van der Waals surface area contributed by atoms with Gasteiger partial charge in [-0.25, -0.2) is 9.78 Å². The molecule has 2 rings (SSSR count). The fraction of sp³-hybridized carbons (Fsp3) is 0.714. The van der Waals surface area contributed by atoms with Gasteiger partial charge in [0, 0.05) is 13.1 Å². The maximum Gasteiger partial charge on any atom is 0.347 e. The van der Waals surface area contributed by atoms with E-state index < -0.39 is 5.97 Å². The van der Waals surface area contributed by atoms with Crippen molar-refractivity contribution in [2.24, 2.45) is 5.92 Å². The summed E-state index contributed by atoms with van der Waals surface area (Å²) in [7, 11) is 0. The maximum atomic E-state index is 11.3. The van der Waals surface area contributed by atoms with E-state index in [1.807, 2.05) is 0 Å². The molecule has 1 aromatic heterocycles. The van der Waals surface area contributed by atoms with Crippen molar-refractivity contribution >= 4 is 17.3 Å². The second-order valence-corrected chi connectivity index (χ2v) is 6.51. The molecule has 0 saturated carbocycles. The molecule has 0 aromatic carbocycles. The molecule has 0 bridgehead atoms. The van der Waals surface area contributed by atoms with Gasteiger partial charge in [0.1, 0.15) is 16.0 Å². The molecule has 20 heavy (non-hydrogen) atoms. The van der Waals surface area contributed by atoms with Crippen LogP contribution in [0.25, 0.3) is 0 Å². The highest BCUT2D eigenvalue weighted by molar-refractivity contribution is 7.13. The van der Waals surface area contributed by atoms with E-state index in [9.17, 15) is 9.90 Å². The average Bonchev–Trinajstić information content (AvgIpc) is 2.82. The summed E-state index contributed by atoms with van der Waals surface area (Å²) < 4.78 is 5.76. The number of hydrogen-bond acceptors (Lipinski definition) is 5. The number of morpholine rings is 1. The maximum absolute atomic E-state index is 11.3. The van der Waals surface area contributed by atoms with Gasteiger partial charge in [-0.1, -0.05) is 20.8 Å². The van der Waals surface area contributed by atoms with Crippen LogP contribution < -0.4 is 0 Å². The molecule has 1 fully saturated rings. The Bertz CT molecular complexity index is 473. The van der Waals surface area contributed by atoms with Crippen LogP contribution in [0.2, 0.25) is 0 Å². The number of aromatic carboxylic acids is 1. The predicted octanol–water partition coefficient (Wildman–Crippen LogP) is 2.43. The van der Waals surface area contributed by atoms with Crippen LogP contribution in [0, 0.1) is 5.92 Å². The highest BCUT2D eigenvalue weighted by Gasteiger charge is 2.27. The zero-order valence-electron chi connectivity index (χ0n) is 12.3. The highest BCUT2D eigenvalue weighted by Crippen LogP contribution is 2.30. The fourth-order valence-electron chi connectivity index (χ4n) is 2.34. The summed E-state index contributed by atoms with van der Waals surface area (Å²) >= 11 is 1.27. The van der Waals surface area contributed by atoms with E-state index in [2.05, 4.69) is 30.7 Å². The Hall–Kier alpha value is -0.980. The summed E-state index contributed by atoms with van der Waals surface area (Å²) in [6.45, 7) is 9.65. The molecule has 1 atom stereocenters. The highest BCUT2D eigenvalue weighted by atomic mass is 32.1. The third-order valence-corrected chi connectivity index (χ3v) is 4.56. The Labute approximate surface area is 123 Å². The first kappa shape index (κ1) is 15.4. The van der Waals surface area contributed by atoms with E-state index >= 15 is 0 Å². The monoisotopic (exact) mass is 298 g/mol. The van der Waals surface area contributed by atoms with Gasteiger partial charge in [0.25, 0.3) is 0 Å². The van der Waals surface area contributed by atoms with Crippen LogP contribution in [0.3, 0.4) is 0 Å². The predicted molar refractivity (Wildman–Crippen MR) is 78.4 cm³/mol. The second-order valence-electron chi connectivity index (χ2n) is 5.48. The lowest BCUT2D eigenvalue weighted by Gasteiger charge is -2.30. The summed E-state index contributed by atoms with van der Waals surface area (Å²) in [6.07, 6.45) is 0.607. The number of carboxylic acids is 1. The Balaban J connectivity index is 2.21. The van der Waals surface area contributed by atoms with Gasteiger partial charge in [-0.15, -0.1) is 11.3 Å². The van der Waals surface area contributed by atoms with Gasteiger partial charge in [-0.3, -0.25) is 4.90 Å². The van der Waals surface area contributed by atoms with Gasteiger partial charge < -0.3 is 9.84 Å². The number of aromatic nitrogens is 1. The normalized spacial score (nSPS) is 20.5. The number of ether oxygens (including phenoxy) is 1. The van der Waals surface area contributed by atoms with E-state index in [0.717, 1.165) is 24.6 Å². The molecule has 2 heterocycles. The van der Waals surface area contributed by atoms with Crippen molar-refractivity contribution in [3.8, 4) is 0 Å². The third kappa shape index (κ3) is 3.56. The minimum Gasteiger partial charge on any atom is -0.477 e. The SMILES string of the molecule is CCN1CCOC(c2nc(CC(C)C)c(C(=O)O)s2)C1. The van der Waals surface area contributed by atoms with Crippen molar-refractivity contribution in [2.45, 2.75) is 33.3 Å². The Kier molecular flexibility index (Phi) is 5.12. The first-order valence-electron chi connectivity index (χ1n) is 7.08. The molecule has 0 amide bonds. The molecule has 112 valence electrons. The smallest absolute Gasteiger partial charge is 0.347 e. The van der Waals surface area contributed by atoms with Gasteiger partial charge >= 0.3 is 5.97 Å². The summed E-state index contributed by atoms with van der Waals surface area (Å²) in [5.41, 5.74) is 0.699. The summed E-state index contributed by atoms with van der Waals surface area (Å²) in [5.74, 6) is -0.491. The van der Waals surface area contributed by atoms with E-state index in [-0.39, 0.29) is 6.10 Å². The van der Waals surface area contributed by atoms with Crippen molar-refractivity contribution in [2.75, 3.05) is 26.2 Å². The molecule has 5 nitrogen and oxygen atoms in total.